The van der Waals surface area contributed by atoms with Gasteiger partial charge in [0.05, 0.1) is 13.5 Å². The largest absolute Gasteiger partial charge is 0.469 e. The number of hydrogen-bond donors (Lipinski definition) is 0. The highest BCUT2D eigenvalue weighted by Gasteiger charge is 2.08. The molecule has 0 aromatic rings. The van der Waals surface area contributed by atoms with Crippen molar-refractivity contribution < 1.29 is 9.53 Å². The Kier molecular flexibility index (Phi) is 7.99. The summed E-state index contributed by atoms with van der Waals surface area (Å²) in [6, 6.07) is 0. The molecule has 1 atom stereocenters. The molecule has 84 valence electrons. The standard InChI is InChI=1S/C10H21NO2S/c1-9(8-10(12)13-4)14-7-5-6-11(2)3/h9H,5-8H2,1-4H3. The summed E-state index contributed by atoms with van der Waals surface area (Å²) in [7, 11) is 5.58. The predicted octanol–water partition coefficient (Wildman–Crippen LogP) is 1.62. The van der Waals surface area contributed by atoms with Gasteiger partial charge in [-0.15, -0.1) is 0 Å². The smallest absolute Gasteiger partial charge is 0.306 e. The predicted molar refractivity (Wildman–Crippen MR) is 61.7 cm³/mol. The molecule has 14 heavy (non-hydrogen) atoms. The molecule has 0 heterocycles. The molecule has 0 radical (unpaired) electrons. The minimum absolute atomic E-state index is 0.113. The maximum atomic E-state index is 10.9. The van der Waals surface area contributed by atoms with Crippen LogP contribution in [0.5, 0.6) is 0 Å². The monoisotopic (exact) mass is 219 g/mol. The van der Waals surface area contributed by atoms with E-state index in [-0.39, 0.29) is 5.97 Å². The first-order chi connectivity index (χ1) is 6.56. The van der Waals surface area contributed by atoms with Crippen molar-refractivity contribution in [1.82, 2.24) is 4.90 Å². The van der Waals surface area contributed by atoms with Gasteiger partial charge in [0, 0.05) is 5.25 Å². The van der Waals surface area contributed by atoms with E-state index in [9.17, 15) is 4.79 Å². The fourth-order valence-electron chi connectivity index (χ4n) is 1.04. The van der Waals surface area contributed by atoms with Gasteiger partial charge in [0.1, 0.15) is 0 Å². The van der Waals surface area contributed by atoms with Crippen LogP contribution in [0.15, 0.2) is 0 Å². The third kappa shape index (κ3) is 8.38. The topological polar surface area (TPSA) is 29.5 Å². The second-order valence-corrected chi connectivity index (χ2v) is 5.16. The Balaban J connectivity index is 3.35. The van der Waals surface area contributed by atoms with Crippen LogP contribution in [-0.4, -0.2) is 49.6 Å². The third-order valence-electron chi connectivity index (χ3n) is 1.83. The van der Waals surface area contributed by atoms with E-state index >= 15 is 0 Å². The minimum Gasteiger partial charge on any atom is -0.469 e. The molecule has 0 aromatic heterocycles. The van der Waals surface area contributed by atoms with Gasteiger partial charge in [-0.05, 0) is 32.8 Å². The fourth-order valence-corrected chi connectivity index (χ4v) is 1.99. The zero-order valence-electron chi connectivity index (χ0n) is 9.58. The van der Waals surface area contributed by atoms with Crippen molar-refractivity contribution in [2.24, 2.45) is 0 Å². The molecule has 0 amide bonds. The van der Waals surface area contributed by atoms with Crippen LogP contribution < -0.4 is 0 Å². The molecule has 0 aromatic carbocycles. The number of carbonyl (C=O) groups is 1. The first kappa shape index (κ1) is 13.8. The van der Waals surface area contributed by atoms with Gasteiger partial charge in [-0.1, -0.05) is 6.92 Å². The summed E-state index contributed by atoms with van der Waals surface area (Å²) in [6.07, 6.45) is 1.69. The van der Waals surface area contributed by atoms with Crippen LogP contribution in [0.2, 0.25) is 0 Å². The Bertz CT molecular complexity index is 162. The number of esters is 1. The van der Waals surface area contributed by atoms with Gasteiger partial charge in [0.15, 0.2) is 0 Å². The highest BCUT2D eigenvalue weighted by molar-refractivity contribution is 7.99. The van der Waals surface area contributed by atoms with Gasteiger partial charge >= 0.3 is 5.97 Å². The average Bonchev–Trinajstić information content (AvgIpc) is 2.12. The number of carbonyl (C=O) groups excluding carboxylic acids is 1. The van der Waals surface area contributed by atoms with Crippen LogP contribution in [0.1, 0.15) is 19.8 Å². The van der Waals surface area contributed by atoms with E-state index in [0.717, 1.165) is 12.3 Å². The van der Waals surface area contributed by atoms with E-state index in [1.807, 2.05) is 11.8 Å². The number of nitrogens with zero attached hydrogens (tertiary/aromatic N) is 1. The SMILES string of the molecule is COC(=O)CC(C)SCCCN(C)C. The third-order valence-corrected chi connectivity index (χ3v) is 3.09. The molecule has 0 aliphatic carbocycles. The molecule has 0 fully saturated rings. The van der Waals surface area contributed by atoms with Crippen molar-refractivity contribution in [3.05, 3.63) is 0 Å². The molecule has 3 nitrogen and oxygen atoms in total. The Hall–Kier alpha value is -0.220. The summed E-state index contributed by atoms with van der Waals surface area (Å²) in [5, 5.41) is 0.365. The van der Waals surface area contributed by atoms with Crippen molar-refractivity contribution in [2.75, 3.05) is 33.5 Å². The molecule has 0 spiro atoms. The van der Waals surface area contributed by atoms with Crippen LogP contribution in [0.4, 0.5) is 0 Å². The average molecular weight is 219 g/mol. The van der Waals surface area contributed by atoms with Crippen molar-refractivity contribution in [3.63, 3.8) is 0 Å². The molecule has 0 saturated heterocycles. The molecular formula is C10H21NO2S. The molecule has 0 bridgehead atoms. The van der Waals surface area contributed by atoms with E-state index in [2.05, 4.69) is 30.7 Å². The lowest BCUT2D eigenvalue weighted by atomic mass is 10.3. The summed E-state index contributed by atoms with van der Waals surface area (Å²) in [5.41, 5.74) is 0. The second kappa shape index (κ2) is 8.12. The molecule has 0 aliphatic heterocycles. The van der Waals surface area contributed by atoms with Crippen molar-refractivity contribution in [3.8, 4) is 0 Å². The van der Waals surface area contributed by atoms with E-state index < -0.39 is 0 Å². The number of hydrogen-bond acceptors (Lipinski definition) is 4. The van der Waals surface area contributed by atoms with Crippen LogP contribution in [0.25, 0.3) is 0 Å². The highest BCUT2D eigenvalue weighted by atomic mass is 32.2. The fraction of sp³-hybridized carbons (Fsp3) is 0.900. The zero-order chi connectivity index (χ0) is 11.0. The normalized spacial score (nSPS) is 12.9. The van der Waals surface area contributed by atoms with Crippen LogP contribution >= 0.6 is 11.8 Å². The van der Waals surface area contributed by atoms with Gasteiger partial charge < -0.3 is 9.64 Å². The van der Waals surface area contributed by atoms with Crippen molar-refractivity contribution >= 4 is 17.7 Å². The summed E-state index contributed by atoms with van der Waals surface area (Å²) < 4.78 is 4.60. The summed E-state index contributed by atoms with van der Waals surface area (Å²) in [5.74, 6) is 0.994. The Morgan fingerprint density at radius 2 is 2.14 bits per heavy atom. The summed E-state index contributed by atoms with van der Waals surface area (Å²) in [4.78, 5) is 13.1. The Labute approximate surface area is 91.2 Å². The second-order valence-electron chi connectivity index (χ2n) is 3.62. The van der Waals surface area contributed by atoms with Gasteiger partial charge in [0.25, 0.3) is 0 Å². The summed E-state index contributed by atoms with van der Waals surface area (Å²) in [6.45, 7) is 3.18. The summed E-state index contributed by atoms with van der Waals surface area (Å²) >= 11 is 1.83. The number of ether oxygens (including phenoxy) is 1. The maximum absolute atomic E-state index is 10.9. The van der Waals surface area contributed by atoms with E-state index in [0.29, 0.717) is 11.7 Å². The van der Waals surface area contributed by atoms with Gasteiger partial charge in [0.2, 0.25) is 0 Å². The molecule has 0 rings (SSSR count). The van der Waals surface area contributed by atoms with E-state index in [4.69, 9.17) is 0 Å². The van der Waals surface area contributed by atoms with Gasteiger partial charge in [-0.25, -0.2) is 0 Å². The quantitative estimate of drug-likeness (QED) is 0.481. The molecular weight excluding hydrogens is 198 g/mol. The molecule has 1 unspecified atom stereocenters. The van der Waals surface area contributed by atoms with Crippen LogP contribution in [0.3, 0.4) is 0 Å². The first-order valence-corrected chi connectivity index (χ1v) is 5.94. The Morgan fingerprint density at radius 1 is 1.50 bits per heavy atom. The first-order valence-electron chi connectivity index (χ1n) is 4.89. The van der Waals surface area contributed by atoms with E-state index in [1.165, 1.54) is 13.5 Å². The van der Waals surface area contributed by atoms with Gasteiger partial charge in [-0.3, -0.25) is 4.79 Å². The lowest BCUT2D eigenvalue weighted by Crippen LogP contribution is -2.14. The lowest BCUT2D eigenvalue weighted by Gasteiger charge is -2.11. The number of methoxy groups -OCH3 is 1. The number of thioether (sulfide) groups is 1. The minimum atomic E-state index is -0.113. The zero-order valence-corrected chi connectivity index (χ0v) is 10.4. The molecule has 4 heteroatoms. The lowest BCUT2D eigenvalue weighted by molar-refractivity contribution is -0.140. The van der Waals surface area contributed by atoms with Gasteiger partial charge in [-0.2, -0.15) is 11.8 Å². The highest BCUT2D eigenvalue weighted by Crippen LogP contribution is 2.15. The maximum Gasteiger partial charge on any atom is 0.306 e. The molecule has 0 saturated carbocycles. The van der Waals surface area contributed by atoms with Crippen LogP contribution in [0, 0.1) is 0 Å². The van der Waals surface area contributed by atoms with Crippen LogP contribution in [-0.2, 0) is 9.53 Å². The number of rotatable bonds is 7. The molecule has 0 aliphatic rings. The van der Waals surface area contributed by atoms with Crippen molar-refractivity contribution in [1.29, 1.82) is 0 Å². The van der Waals surface area contributed by atoms with Crippen molar-refractivity contribution in [2.45, 2.75) is 25.0 Å². The van der Waals surface area contributed by atoms with E-state index in [1.54, 1.807) is 0 Å². The Morgan fingerprint density at radius 3 is 2.64 bits per heavy atom. The molecule has 0 N–H and O–H groups in total.